The maximum atomic E-state index is 12.6. The Kier molecular flexibility index (Phi) is 5.27. The number of fused-ring (bicyclic) bond motifs is 1. The van der Waals surface area contributed by atoms with Crippen molar-refractivity contribution in [3.05, 3.63) is 23.1 Å². The van der Waals surface area contributed by atoms with Crippen LogP contribution in [0.4, 0.5) is 0 Å². The topological polar surface area (TPSA) is 156 Å². The fourth-order valence-electron chi connectivity index (χ4n) is 2.79. The number of thioether (sulfide) groups is 2. The van der Waals surface area contributed by atoms with Crippen LogP contribution in [0.5, 0.6) is 0 Å². The van der Waals surface area contributed by atoms with Gasteiger partial charge in [0.25, 0.3) is 5.91 Å². The summed E-state index contributed by atoms with van der Waals surface area (Å²) >= 11 is 4.16. The van der Waals surface area contributed by atoms with Crippen LogP contribution >= 0.6 is 34.9 Å². The number of aliphatic carboxylic acids is 1. The Morgan fingerprint density at radius 1 is 1.39 bits per heavy atom. The summed E-state index contributed by atoms with van der Waals surface area (Å²) < 4.78 is 1.96. The lowest BCUT2D eigenvalue weighted by atomic mass is 10.0. The molecule has 0 bridgehead atoms. The normalized spacial score (nSPS) is 21.3. The largest absolute Gasteiger partial charge is 0.477 e. The van der Waals surface area contributed by atoms with Gasteiger partial charge in [-0.15, -0.1) is 27.1 Å². The molecule has 15 heteroatoms. The third kappa shape index (κ3) is 3.59. The van der Waals surface area contributed by atoms with Crippen molar-refractivity contribution in [2.75, 3.05) is 11.5 Å². The van der Waals surface area contributed by atoms with Gasteiger partial charge in [0.05, 0.1) is 0 Å². The second kappa shape index (κ2) is 7.84. The van der Waals surface area contributed by atoms with E-state index in [0.29, 0.717) is 17.1 Å². The summed E-state index contributed by atoms with van der Waals surface area (Å²) in [5.41, 5.74) is 2.22. The molecule has 0 radical (unpaired) electrons. The molecule has 0 saturated carbocycles. The summed E-state index contributed by atoms with van der Waals surface area (Å²) in [6.45, 7) is -0.125. The maximum Gasteiger partial charge on any atom is 0.352 e. The third-order valence-electron chi connectivity index (χ3n) is 3.97. The smallest absolute Gasteiger partial charge is 0.352 e. The molecule has 4 rings (SSSR count). The Morgan fingerprint density at radius 3 is 2.93 bits per heavy atom. The van der Waals surface area contributed by atoms with Crippen molar-refractivity contribution in [2.24, 2.45) is 0 Å². The lowest BCUT2D eigenvalue weighted by Gasteiger charge is -2.49. The number of carboxylic acid groups (broad SMARTS) is 1. The van der Waals surface area contributed by atoms with E-state index < -0.39 is 29.2 Å². The third-order valence-corrected chi connectivity index (χ3v) is 7.26. The number of tetrazole rings is 1. The van der Waals surface area contributed by atoms with E-state index >= 15 is 0 Å². The van der Waals surface area contributed by atoms with Gasteiger partial charge in [0, 0.05) is 11.5 Å². The molecule has 0 aliphatic carbocycles. The maximum absolute atomic E-state index is 12.6. The molecule has 1 saturated heterocycles. The van der Waals surface area contributed by atoms with Crippen LogP contribution in [0.3, 0.4) is 0 Å². The molecular formula is C13H12N8O4S3. The van der Waals surface area contributed by atoms with Crippen molar-refractivity contribution < 1.29 is 19.5 Å². The minimum absolute atomic E-state index is 0.0169. The molecule has 1 fully saturated rings. The van der Waals surface area contributed by atoms with E-state index in [9.17, 15) is 19.5 Å². The van der Waals surface area contributed by atoms with Crippen molar-refractivity contribution in [1.29, 1.82) is 0 Å². The lowest BCUT2D eigenvalue weighted by Crippen LogP contribution is -2.70. The van der Waals surface area contributed by atoms with Crippen LogP contribution in [-0.4, -0.2) is 81.1 Å². The summed E-state index contributed by atoms with van der Waals surface area (Å²) in [4.78, 5) is 37.7. The van der Waals surface area contributed by atoms with Crippen LogP contribution in [0.2, 0.25) is 0 Å². The van der Waals surface area contributed by atoms with E-state index in [1.165, 1.54) is 50.8 Å². The van der Waals surface area contributed by atoms with Gasteiger partial charge in [-0.25, -0.2) is 9.48 Å². The fourth-order valence-corrected chi connectivity index (χ4v) is 5.76. The summed E-state index contributed by atoms with van der Waals surface area (Å²) in [6, 6.07) is -0.777. The summed E-state index contributed by atoms with van der Waals surface area (Å²) in [7, 11) is 0. The molecule has 12 nitrogen and oxygen atoms in total. The van der Waals surface area contributed by atoms with E-state index in [1.54, 1.807) is 5.51 Å². The van der Waals surface area contributed by atoms with Gasteiger partial charge in [-0.3, -0.25) is 14.5 Å². The van der Waals surface area contributed by atoms with Gasteiger partial charge in [0.2, 0.25) is 5.91 Å². The van der Waals surface area contributed by atoms with Crippen LogP contribution in [-0.2, 0) is 20.9 Å². The second-order valence-corrected chi connectivity index (χ2v) is 8.87. The molecule has 2 atom stereocenters. The predicted octanol–water partition coefficient (Wildman–Crippen LogP) is -0.944. The van der Waals surface area contributed by atoms with Crippen LogP contribution in [0.1, 0.15) is 0 Å². The number of carboxylic acids is 1. The zero-order valence-corrected chi connectivity index (χ0v) is 16.4. The summed E-state index contributed by atoms with van der Waals surface area (Å²) in [6.07, 6.45) is 1.29. The molecule has 4 heterocycles. The molecule has 2 aliphatic rings. The highest BCUT2D eigenvalue weighted by Crippen LogP contribution is 2.41. The van der Waals surface area contributed by atoms with Crippen LogP contribution in [0.15, 0.2) is 27.4 Å². The average molecular weight is 440 g/mol. The van der Waals surface area contributed by atoms with Crippen molar-refractivity contribution in [2.45, 2.75) is 22.3 Å². The van der Waals surface area contributed by atoms with Crippen LogP contribution in [0.25, 0.3) is 0 Å². The first-order valence-electron chi connectivity index (χ1n) is 7.83. The van der Waals surface area contributed by atoms with Crippen LogP contribution < -0.4 is 5.32 Å². The van der Waals surface area contributed by atoms with Gasteiger partial charge >= 0.3 is 5.97 Å². The highest BCUT2D eigenvalue weighted by Gasteiger charge is 2.54. The molecule has 2 amide bonds. The molecule has 1 unspecified atom stereocenters. The van der Waals surface area contributed by atoms with Gasteiger partial charge in [-0.1, -0.05) is 23.1 Å². The summed E-state index contributed by atoms with van der Waals surface area (Å²) in [5.74, 6) is -1.19. The highest BCUT2D eigenvalue weighted by atomic mass is 32.2. The van der Waals surface area contributed by atoms with E-state index in [-0.39, 0.29) is 12.2 Å². The zero-order chi connectivity index (χ0) is 19.7. The Hall–Kier alpha value is -2.52. The Labute approximate surface area is 169 Å². The quantitative estimate of drug-likeness (QED) is 0.404. The minimum Gasteiger partial charge on any atom is -0.477 e. The van der Waals surface area contributed by atoms with Crippen molar-refractivity contribution in [3.8, 4) is 0 Å². The number of hydrogen-bond donors (Lipinski definition) is 2. The molecule has 28 heavy (non-hydrogen) atoms. The zero-order valence-electron chi connectivity index (χ0n) is 14.0. The van der Waals surface area contributed by atoms with E-state index in [2.05, 4.69) is 31.0 Å². The number of amides is 2. The van der Waals surface area contributed by atoms with Crippen LogP contribution in [0, 0.1) is 0 Å². The molecule has 2 aliphatic heterocycles. The molecule has 2 aromatic heterocycles. The molecule has 0 aromatic carbocycles. The number of carbonyl (C=O) groups is 3. The standard InChI is InChI=1S/C13H12N8O4S3/c22-7(1-20-4-14-18-19-20)16-8-10(23)21-9(12(24)25)6(2-26-11(8)21)3-27-13-17-15-5-28-13/h4-5,8,11H,1-3H2,(H,16,22)(H,24,25)/t8?,11-/m1/s1. The number of nitrogens with zero attached hydrogens (tertiary/aromatic N) is 7. The van der Waals surface area contributed by atoms with E-state index in [1.807, 2.05) is 0 Å². The number of hydrogen-bond acceptors (Lipinski definition) is 11. The first-order chi connectivity index (χ1) is 13.5. The first-order valence-corrected chi connectivity index (χ1v) is 10.7. The average Bonchev–Trinajstić information content (AvgIpc) is 3.37. The van der Waals surface area contributed by atoms with Gasteiger partial charge in [-0.05, 0) is 16.0 Å². The monoisotopic (exact) mass is 440 g/mol. The minimum atomic E-state index is -1.16. The Morgan fingerprint density at radius 2 is 2.25 bits per heavy atom. The number of β-lactam (4-membered cyclic amide) rings is 1. The van der Waals surface area contributed by atoms with Crippen molar-refractivity contribution in [1.82, 2.24) is 40.6 Å². The van der Waals surface area contributed by atoms with Crippen molar-refractivity contribution in [3.63, 3.8) is 0 Å². The molecular weight excluding hydrogens is 428 g/mol. The number of nitrogens with one attached hydrogen (secondary N) is 1. The Balaban J connectivity index is 1.44. The first kappa shape index (κ1) is 18.8. The van der Waals surface area contributed by atoms with E-state index in [4.69, 9.17) is 0 Å². The molecule has 2 aromatic rings. The summed E-state index contributed by atoms with van der Waals surface area (Å²) in [5, 5.41) is 29.9. The SMILES string of the molecule is O=C(Cn1cnnn1)NC1C(=O)N2C(C(=O)O)=C(CSc3nncs3)CS[C@H]12. The van der Waals surface area contributed by atoms with Gasteiger partial charge < -0.3 is 10.4 Å². The number of carbonyl (C=O) groups excluding carboxylic acids is 2. The van der Waals surface area contributed by atoms with Gasteiger partial charge in [0.1, 0.15) is 35.5 Å². The molecule has 0 spiro atoms. The number of aromatic nitrogens is 6. The second-order valence-electron chi connectivity index (χ2n) is 5.71. The van der Waals surface area contributed by atoms with E-state index in [0.717, 1.165) is 4.34 Å². The number of rotatable bonds is 7. The van der Waals surface area contributed by atoms with Gasteiger partial charge in [-0.2, -0.15) is 0 Å². The lowest BCUT2D eigenvalue weighted by molar-refractivity contribution is -0.150. The molecule has 2 N–H and O–H groups in total. The molecule has 146 valence electrons. The Bertz CT molecular complexity index is 932. The fraction of sp³-hybridized carbons (Fsp3) is 0.385. The van der Waals surface area contributed by atoms with Gasteiger partial charge in [0.15, 0.2) is 4.34 Å². The van der Waals surface area contributed by atoms with Crippen molar-refractivity contribution >= 4 is 52.6 Å². The predicted molar refractivity (Wildman–Crippen MR) is 98.1 cm³/mol. The highest BCUT2D eigenvalue weighted by molar-refractivity contribution is 8.01.